The van der Waals surface area contributed by atoms with E-state index in [0.29, 0.717) is 25.3 Å². The highest BCUT2D eigenvalue weighted by Crippen LogP contribution is 2.36. The van der Waals surface area contributed by atoms with Crippen molar-refractivity contribution in [2.24, 2.45) is 0 Å². The molecule has 0 radical (unpaired) electrons. The number of carboxylic acids is 1. The van der Waals surface area contributed by atoms with Gasteiger partial charge in [0.15, 0.2) is 0 Å². The molecule has 0 aromatic carbocycles. The molecule has 0 bridgehead atoms. The predicted molar refractivity (Wildman–Crippen MR) is 104 cm³/mol. The van der Waals surface area contributed by atoms with Crippen LogP contribution in [0.15, 0.2) is 47.3 Å². The molecule has 0 saturated carbocycles. The van der Waals surface area contributed by atoms with Crippen molar-refractivity contribution < 1.29 is 41.8 Å². The molecule has 2 aliphatic heterocycles. The largest absolute Gasteiger partial charge is 0.490 e. The summed E-state index contributed by atoms with van der Waals surface area (Å²) < 4.78 is 49.1. The average Bonchev–Trinajstić information content (AvgIpc) is 3.39. The van der Waals surface area contributed by atoms with Gasteiger partial charge in [0.25, 0.3) is 0 Å². The van der Waals surface area contributed by atoms with Crippen molar-refractivity contribution in [3.63, 3.8) is 0 Å². The topological polar surface area (TPSA) is 102 Å². The number of nitrogens with zero attached hydrogens (tertiary/aromatic N) is 2. The van der Waals surface area contributed by atoms with E-state index in [1.807, 2.05) is 23.1 Å². The zero-order valence-electron chi connectivity index (χ0n) is 17.1. The molecule has 32 heavy (non-hydrogen) atoms. The van der Waals surface area contributed by atoms with E-state index in [0.717, 1.165) is 31.6 Å². The lowest BCUT2D eigenvalue weighted by Crippen LogP contribution is -2.50. The van der Waals surface area contributed by atoms with Crippen molar-refractivity contribution in [2.75, 3.05) is 19.7 Å². The second-order valence-corrected chi connectivity index (χ2v) is 7.60. The number of halogens is 3. The quantitative estimate of drug-likeness (QED) is 0.754. The third kappa shape index (κ3) is 6.46. The van der Waals surface area contributed by atoms with Crippen LogP contribution in [0.25, 0.3) is 0 Å². The summed E-state index contributed by atoms with van der Waals surface area (Å²) in [5.74, 6) is -1.20. The van der Waals surface area contributed by atoms with Gasteiger partial charge in [0, 0.05) is 25.7 Å². The van der Waals surface area contributed by atoms with Gasteiger partial charge in [-0.2, -0.15) is 13.2 Å². The Hall–Kier alpha value is -3.08. The Balaban J connectivity index is 0.000000360. The number of piperidine rings is 1. The Kier molecular flexibility index (Phi) is 7.39. The van der Waals surface area contributed by atoms with Gasteiger partial charge in [0.2, 0.25) is 5.91 Å². The molecule has 4 rings (SSSR count). The highest BCUT2D eigenvalue weighted by atomic mass is 19.4. The van der Waals surface area contributed by atoms with E-state index < -0.39 is 12.1 Å². The summed E-state index contributed by atoms with van der Waals surface area (Å²) in [7, 11) is 0. The van der Waals surface area contributed by atoms with Gasteiger partial charge in [-0.1, -0.05) is 0 Å². The molecular formula is C21H23F3N2O6. The number of carbonyl (C=O) groups excluding carboxylic acids is 1. The Bertz CT molecular complexity index is 891. The van der Waals surface area contributed by atoms with E-state index >= 15 is 0 Å². The number of hydrogen-bond donors (Lipinski definition) is 1. The molecule has 4 heterocycles. The molecule has 2 atom stereocenters. The number of aromatic nitrogens is 1. The molecule has 2 saturated heterocycles. The number of furan rings is 1. The number of ether oxygens (including phenoxy) is 2. The molecule has 1 N–H and O–H groups in total. The first-order valence-corrected chi connectivity index (χ1v) is 9.98. The van der Waals surface area contributed by atoms with Crippen LogP contribution in [0.2, 0.25) is 0 Å². The minimum atomic E-state index is -5.08. The lowest BCUT2D eigenvalue weighted by atomic mass is 9.89. The number of hydrogen-bond acceptors (Lipinski definition) is 6. The van der Waals surface area contributed by atoms with Gasteiger partial charge in [-0.3, -0.25) is 9.78 Å². The lowest BCUT2D eigenvalue weighted by molar-refractivity contribution is -0.192. The Morgan fingerprint density at radius 3 is 2.72 bits per heavy atom. The van der Waals surface area contributed by atoms with Crippen LogP contribution < -0.4 is 4.74 Å². The number of carbonyl (C=O) groups is 2. The maximum atomic E-state index is 12.5. The molecule has 1 spiro atoms. The summed E-state index contributed by atoms with van der Waals surface area (Å²) in [6.45, 7) is 1.95. The molecule has 11 heteroatoms. The average molecular weight is 456 g/mol. The summed E-state index contributed by atoms with van der Waals surface area (Å²) in [5, 5.41) is 7.12. The molecule has 174 valence electrons. The molecule has 2 aromatic rings. The third-order valence-electron chi connectivity index (χ3n) is 5.15. The van der Waals surface area contributed by atoms with E-state index in [1.165, 1.54) is 0 Å². The third-order valence-corrected chi connectivity index (χ3v) is 5.15. The van der Waals surface area contributed by atoms with Crippen LogP contribution in [0.1, 0.15) is 25.0 Å². The van der Waals surface area contributed by atoms with Crippen LogP contribution in [-0.4, -0.2) is 64.4 Å². The van der Waals surface area contributed by atoms with Crippen LogP contribution in [-0.2, 0) is 20.7 Å². The van der Waals surface area contributed by atoms with Gasteiger partial charge in [0.1, 0.15) is 17.6 Å². The normalized spacial score (nSPS) is 22.8. The van der Waals surface area contributed by atoms with Crippen molar-refractivity contribution in [3.8, 4) is 5.75 Å². The minimum absolute atomic E-state index is 0.00401. The lowest BCUT2D eigenvalue weighted by Gasteiger charge is -2.39. The number of carboxylic acid groups (broad SMARTS) is 1. The molecule has 0 aliphatic carbocycles. The van der Waals surface area contributed by atoms with Gasteiger partial charge in [-0.05, 0) is 37.1 Å². The van der Waals surface area contributed by atoms with Crippen LogP contribution in [0.5, 0.6) is 5.75 Å². The molecule has 2 fully saturated rings. The smallest absolute Gasteiger partial charge is 0.486 e. The van der Waals surface area contributed by atoms with Crippen molar-refractivity contribution in [1.29, 1.82) is 0 Å². The standard InChI is InChI=1S/C19H22N2O4.C2HF3O2/c22-18(10-15-5-2-9-23-15)21-8-3-6-19(14-21)11-17(13-24-19)25-16-4-1-7-20-12-16;3-2(4,5)1(6)7/h1-2,4-5,7,9,12,17H,3,6,8,10-11,13-14H2;(H,6,7)/t17-,19-;/m0./s1. The maximum absolute atomic E-state index is 12.5. The van der Waals surface area contributed by atoms with Crippen LogP contribution in [0, 0.1) is 0 Å². The van der Waals surface area contributed by atoms with E-state index in [-0.39, 0.29) is 17.6 Å². The first-order chi connectivity index (χ1) is 15.2. The number of alkyl halides is 3. The molecule has 2 aromatic heterocycles. The fourth-order valence-corrected chi connectivity index (χ4v) is 3.76. The Morgan fingerprint density at radius 1 is 1.31 bits per heavy atom. The van der Waals surface area contributed by atoms with E-state index in [2.05, 4.69) is 4.98 Å². The van der Waals surface area contributed by atoms with Gasteiger partial charge in [0.05, 0.1) is 31.1 Å². The van der Waals surface area contributed by atoms with Gasteiger partial charge in [-0.15, -0.1) is 0 Å². The molecule has 0 unspecified atom stereocenters. The maximum Gasteiger partial charge on any atom is 0.490 e. The fourth-order valence-electron chi connectivity index (χ4n) is 3.76. The van der Waals surface area contributed by atoms with Gasteiger partial charge >= 0.3 is 12.1 Å². The summed E-state index contributed by atoms with van der Waals surface area (Å²) in [5.41, 5.74) is -0.288. The van der Waals surface area contributed by atoms with Crippen molar-refractivity contribution in [2.45, 2.75) is 43.6 Å². The van der Waals surface area contributed by atoms with E-state index in [9.17, 15) is 18.0 Å². The number of rotatable bonds is 4. The van der Waals surface area contributed by atoms with Crippen LogP contribution in [0.3, 0.4) is 0 Å². The second-order valence-electron chi connectivity index (χ2n) is 7.60. The summed E-state index contributed by atoms with van der Waals surface area (Å²) in [6.07, 6.45) is 2.97. The molecular weight excluding hydrogens is 433 g/mol. The SMILES string of the molecule is O=C(Cc1ccco1)N1CCC[C@]2(C[C@H](Oc3cccnc3)CO2)C1.O=C(O)C(F)(F)F. The van der Waals surface area contributed by atoms with Gasteiger partial charge in [-0.25, -0.2) is 4.79 Å². The number of pyridine rings is 1. The zero-order valence-corrected chi connectivity index (χ0v) is 17.1. The van der Waals surface area contributed by atoms with E-state index in [1.54, 1.807) is 24.7 Å². The fraction of sp³-hybridized carbons (Fsp3) is 0.476. The zero-order chi connectivity index (χ0) is 23.2. The second kappa shape index (κ2) is 10.0. The summed E-state index contributed by atoms with van der Waals surface area (Å²) in [6, 6.07) is 7.40. The highest BCUT2D eigenvalue weighted by Gasteiger charge is 2.45. The van der Waals surface area contributed by atoms with Gasteiger partial charge < -0.3 is 23.9 Å². The predicted octanol–water partition coefficient (Wildman–Crippen LogP) is 3.08. The monoisotopic (exact) mass is 456 g/mol. The number of likely N-dealkylation sites (tertiary alicyclic amines) is 1. The Labute approximate surface area is 181 Å². The molecule has 1 amide bonds. The molecule has 8 nitrogen and oxygen atoms in total. The van der Waals surface area contributed by atoms with Crippen molar-refractivity contribution in [3.05, 3.63) is 48.7 Å². The summed E-state index contributed by atoms with van der Waals surface area (Å²) in [4.78, 5) is 27.4. The van der Waals surface area contributed by atoms with Crippen molar-refractivity contribution >= 4 is 11.9 Å². The minimum Gasteiger partial charge on any atom is -0.486 e. The van der Waals surface area contributed by atoms with Crippen LogP contribution >= 0.6 is 0 Å². The number of amides is 1. The van der Waals surface area contributed by atoms with Crippen molar-refractivity contribution in [1.82, 2.24) is 9.88 Å². The first kappa shape index (κ1) is 23.6. The van der Waals surface area contributed by atoms with Crippen LogP contribution in [0.4, 0.5) is 13.2 Å². The van der Waals surface area contributed by atoms with E-state index in [4.69, 9.17) is 23.8 Å². The number of aliphatic carboxylic acids is 1. The molecule has 2 aliphatic rings. The summed E-state index contributed by atoms with van der Waals surface area (Å²) >= 11 is 0. The Morgan fingerprint density at radius 2 is 2.09 bits per heavy atom. The highest BCUT2D eigenvalue weighted by molar-refractivity contribution is 5.78. The first-order valence-electron chi connectivity index (χ1n) is 9.98.